The standard InChI is InChI=1S/C23H14ClN3O5/c1-12-3-2-4-18(25-12)26-20(13-5-8-15(9-6-13)27(30)31)19-21(28)16-11-14(24)7-10-17(16)32-22(19)23(26)29/h2-11,20H,1H3. The molecule has 0 N–H and O–H groups in total. The number of aromatic nitrogens is 1. The van der Waals surface area contributed by atoms with Gasteiger partial charge in [-0.15, -0.1) is 0 Å². The van der Waals surface area contributed by atoms with Crippen LogP contribution in [0.15, 0.2) is 69.9 Å². The summed E-state index contributed by atoms with van der Waals surface area (Å²) in [5.74, 6) is -0.266. The van der Waals surface area contributed by atoms with Gasteiger partial charge in [-0.05, 0) is 55.0 Å². The molecule has 1 unspecified atom stereocenters. The molecule has 1 atom stereocenters. The Labute approximate surface area is 185 Å². The number of nitro groups is 1. The minimum atomic E-state index is -0.868. The number of hydrogen-bond acceptors (Lipinski definition) is 6. The van der Waals surface area contributed by atoms with Crippen LogP contribution >= 0.6 is 11.6 Å². The number of hydrogen-bond donors (Lipinski definition) is 0. The average Bonchev–Trinajstić information content (AvgIpc) is 3.07. The molecule has 0 spiro atoms. The first kappa shape index (κ1) is 19.9. The number of nitro benzene ring substituents is 1. The third-order valence-electron chi connectivity index (χ3n) is 5.37. The van der Waals surface area contributed by atoms with Gasteiger partial charge in [0, 0.05) is 22.8 Å². The number of amides is 1. The average molecular weight is 448 g/mol. The van der Waals surface area contributed by atoms with Crippen molar-refractivity contribution < 1.29 is 14.1 Å². The highest BCUT2D eigenvalue weighted by Crippen LogP contribution is 2.41. The summed E-state index contributed by atoms with van der Waals surface area (Å²) >= 11 is 6.08. The zero-order chi connectivity index (χ0) is 22.6. The third-order valence-corrected chi connectivity index (χ3v) is 5.61. The Morgan fingerprint density at radius 1 is 1.09 bits per heavy atom. The highest BCUT2D eigenvalue weighted by Gasteiger charge is 2.44. The minimum absolute atomic E-state index is 0.0866. The molecular weight excluding hydrogens is 434 g/mol. The van der Waals surface area contributed by atoms with E-state index in [1.807, 2.05) is 0 Å². The molecule has 4 aromatic rings. The van der Waals surface area contributed by atoms with E-state index in [-0.39, 0.29) is 28.0 Å². The molecule has 1 amide bonds. The number of pyridine rings is 1. The molecule has 0 radical (unpaired) electrons. The zero-order valence-electron chi connectivity index (χ0n) is 16.6. The minimum Gasteiger partial charge on any atom is -0.450 e. The van der Waals surface area contributed by atoms with E-state index in [1.165, 1.54) is 35.2 Å². The summed E-state index contributed by atoms with van der Waals surface area (Å²) in [6.07, 6.45) is 0. The van der Waals surface area contributed by atoms with Crippen LogP contribution < -0.4 is 10.3 Å². The van der Waals surface area contributed by atoms with Crippen molar-refractivity contribution in [2.45, 2.75) is 13.0 Å². The highest BCUT2D eigenvalue weighted by atomic mass is 35.5. The lowest BCUT2D eigenvalue weighted by Crippen LogP contribution is -2.30. The maximum atomic E-state index is 13.5. The number of nitrogens with zero attached hydrogens (tertiary/aromatic N) is 3. The van der Waals surface area contributed by atoms with Crippen molar-refractivity contribution in [2.24, 2.45) is 0 Å². The molecule has 3 heterocycles. The number of carbonyl (C=O) groups is 1. The van der Waals surface area contributed by atoms with Gasteiger partial charge in [-0.3, -0.25) is 24.6 Å². The Kier molecular flexibility index (Phi) is 4.53. The molecule has 0 fully saturated rings. The van der Waals surface area contributed by atoms with Crippen molar-refractivity contribution in [1.29, 1.82) is 0 Å². The second-order valence-electron chi connectivity index (χ2n) is 7.38. The lowest BCUT2D eigenvalue weighted by atomic mass is 9.98. The topological polar surface area (TPSA) is 107 Å². The van der Waals surface area contributed by atoms with Crippen LogP contribution in [0.2, 0.25) is 5.02 Å². The lowest BCUT2D eigenvalue weighted by Gasteiger charge is -2.24. The van der Waals surface area contributed by atoms with Gasteiger partial charge in [-0.1, -0.05) is 17.7 Å². The SMILES string of the molecule is Cc1cccc(N2C(=O)c3oc4ccc(Cl)cc4c(=O)c3C2c2ccc([N+](=O)[O-])cc2)n1. The van der Waals surface area contributed by atoms with Crippen LogP contribution in [0.4, 0.5) is 11.5 Å². The molecule has 5 rings (SSSR count). The van der Waals surface area contributed by atoms with Gasteiger partial charge >= 0.3 is 0 Å². The quantitative estimate of drug-likeness (QED) is 0.329. The van der Waals surface area contributed by atoms with Crippen LogP contribution in [0.3, 0.4) is 0 Å². The summed E-state index contributed by atoms with van der Waals surface area (Å²) in [5, 5.41) is 11.7. The van der Waals surface area contributed by atoms with Gasteiger partial charge in [-0.25, -0.2) is 4.98 Å². The molecule has 0 saturated heterocycles. The molecule has 32 heavy (non-hydrogen) atoms. The Bertz CT molecular complexity index is 1480. The van der Waals surface area contributed by atoms with E-state index in [0.717, 1.165) is 0 Å². The monoisotopic (exact) mass is 447 g/mol. The van der Waals surface area contributed by atoms with Crippen molar-refractivity contribution in [3.05, 3.63) is 109 Å². The second-order valence-corrected chi connectivity index (χ2v) is 7.81. The molecular formula is C23H14ClN3O5. The van der Waals surface area contributed by atoms with E-state index in [0.29, 0.717) is 22.1 Å². The summed E-state index contributed by atoms with van der Waals surface area (Å²) < 4.78 is 5.86. The van der Waals surface area contributed by atoms with Crippen molar-refractivity contribution in [3.63, 3.8) is 0 Å². The van der Waals surface area contributed by atoms with E-state index in [4.69, 9.17) is 16.0 Å². The zero-order valence-corrected chi connectivity index (χ0v) is 17.4. The fourth-order valence-corrected chi connectivity index (χ4v) is 4.11. The molecule has 8 nitrogen and oxygen atoms in total. The van der Waals surface area contributed by atoms with Gasteiger partial charge in [-0.2, -0.15) is 0 Å². The van der Waals surface area contributed by atoms with Crippen LogP contribution in [0.25, 0.3) is 11.0 Å². The molecule has 0 saturated carbocycles. The summed E-state index contributed by atoms with van der Waals surface area (Å²) in [4.78, 5) is 43.4. The number of non-ortho nitro benzene ring substituents is 1. The maximum Gasteiger partial charge on any atom is 0.296 e. The first-order chi connectivity index (χ1) is 15.3. The number of halogens is 1. The number of carbonyl (C=O) groups excluding carboxylic acids is 1. The first-order valence-electron chi connectivity index (χ1n) is 9.63. The predicted molar refractivity (Wildman–Crippen MR) is 118 cm³/mol. The molecule has 9 heteroatoms. The van der Waals surface area contributed by atoms with Gasteiger partial charge < -0.3 is 4.42 Å². The molecule has 1 aliphatic rings. The van der Waals surface area contributed by atoms with Gasteiger partial charge in [0.15, 0.2) is 5.43 Å². The molecule has 158 valence electrons. The number of fused-ring (bicyclic) bond motifs is 2. The van der Waals surface area contributed by atoms with E-state index >= 15 is 0 Å². The summed E-state index contributed by atoms with van der Waals surface area (Å²) in [5.41, 5.74) is 1.09. The van der Waals surface area contributed by atoms with Crippen LogP contribution in [-0.2, 0) is 0 Å². The summed E-state index contributed by atoms with van der Waals surface area (Å²) in [6.45, 7) is 1.79. The Balaban J connectivity index is 1.80. The van der Waals surface area contributed by atoms with Crippen LogP contribution in [0, 0.1) is 17.0 Å². The van der Waals surface area contributed by atoms with Gasteiger partial charge in [0.05, 0.1) is 21.9 Å². The summed E-state index contributed by atoms with van der Waals surface area (Å²) in [6, 6.07) is 14.7. The highest BCUT2D eigenvalue weighted by molar-refractivity contribution is 6.31. The Morgan fingerprint density at radius 2 is 1.84 bits per heavy atom. The van der Waals surface area contributed by atoms with E-state index in [2.05, 4.69) is 4.98 Å². The molecule has 1 aliphatic heterocycles. The largest absolute Gasteiger partial charge is 0.450 e. The first-order valence-corrected chi connectivity index (χ1v) is 10.0. The summed E-state index contributed by atoms with van der Waals surface area (Å²) in [7, 11) is 0. The van der Waals surface area contributed by atoms with Crippen LogP contribution in [-0.4, -0.2) is 15.8 Å². The van der Waals surface area contributed by atoms with Crippen molar-refractivity contribution in [2.75, 3.05) is 4.90 Å². The smallest absolute Gasteiger partial charge is 0.296 e. The third kappa shape index (κ3) is 3.04. The molecule has 0 bridgehead atoms. The van der Waals surface area contributed by atoms with Crippen molar-refractivity contribution in [3.8, 4) is 0 Å². The molecule has 2 aromatic carbocycles. The van der Waals surface area contributed by atoms with Gasteiger partial charge in [0.2, 0.25) is 5.76 Å². The maximum absolute atomic E-state index is 13.5. The van der Waals surface area contributed by atoms with E-state index < -0.39 is 22.3 Å². The van der Waals surface area contributed by atoms with E-state index in [9.17, 15) is 19.7 Å². The predicted octanol–water partition coefficient (Wildman–Crippen LogP) is 4.81. The van der Waals surface area contributed by atoms with Crippen molar-refractivity contribution >= 4 is 40.0 Å². The van der Waals surface area contributed by atoms with Crippen LogP contribution in [0.1, 0.15) is 33.4 Å². The fraction of sp³-hybridized carbons (Fsp3) is 0.0870. The second kappa shape index (κ2) is 7.28. The van der Waals surface area contributed by atoms with E-state index in [1.54, 1.807) is 37.3 Å². The number of aryl methyl sites for hydroxylation is 1. The lowest BCUT2D eigenvalue weighted by molar-refractivity contribution is -0.384. The van der Waals surface area contributed by atoms with Gasteiger partial charge in [0.25, 0.3) is 11.6 Å². The Hall–Kier alpha value is -4.04. The van der Waals surface area contributed by atoms with Gasteiger partial charge in [0.1, 0.15) is 11.4 Å². The molecule has 0 aliphatic carbocycles. The van der Waals surface area contributed by atoms with Crippen molar-refractivity contribution in [1.82, 2.24) is 4.98 Å². The Morgan fingerprint density at radius 3 is 2.53 bits per heavy atom. The fourth-order valence-electron chi connectivity index (χ4n) is 3.94. The number of rotatable bonds is 3. The normalized spacial score (nSPS) is 15.2. The molecule has 2 aromatic heterocycles. The van der Waals surface area contributed by atoms with Crippen LogP contribution in [0.5, 0.6) is 0 Å². The number of anilines is 1. The number of benzene rings is 2.